The van der Waals surface area contributed by atoms with E-state index in [1.807, 2.05) is 34.0 Å². The van der Waals surface area contributed by atoms with E-state index in [4.69, 9.17) is 5.10 Å². The van der Waals surface area contributed by atoms with Crippen molar-refractivity contribution in [2.24, 2.45) is 13.0 Å². The number of benzene rings is 2. The van der Waals surface area contributed by atoms with Crippen LogP contribution in [0.3, 0.4) is 0 Å². The van der Waals surface area contributed by atoms with Gasteiger partial charge in [-0.3, -0.25) is 43.3 Å². The van der Waals surface area contributed by atoms with Gasteiger partial charge in [0.25, 0.3) is 5.91 Å². The lowest BCUT2D eigenvalue weighted by Gasteiger charge is -2.37. The molecule has 1 aliphatic carbocycles. The molecule has 1 saturated carbocycles. The number of amides is 4. The number of carbonyl (C=O) groups is 4. The van der Waals surface area contributed by atoms with Crippen LogP contribution in [-0.4, -0.2) is 70.5 Å². The lowest BCUT2D eigenvalue weighted by atomic mass is 9.84. The van der Waals surface area contributed by atoms with Crippen LogP contribution in [0.15, 0.2) is 59.8 Å². The van der Waals surface area contributed by atoms with E-state index < -0.39 is 35.4 Å². The van der Waals surface area contributed by atoms with Crippen molar-refractivity contribution in [2.75, 3.05) is 18.4 Å². The monoisotopic (exact) mass is 757 g/mol. The Labute approximate surface area is 311 Å². The maximum atomic E-state index is 13.6. The summed E-state index contributed by atoms with van der Waals surface area (Å²) in [5.41, 5.74) is 1.31. The number of alkyl halides is 3. The fraction of sp³-hybridized carbons (Fsp3) is 0.421. The highest BCUT2D eigenvalue weighted by Gasteiger charge is 2.36. The second-order valence-corrected chi connectivity index (χ2v) is 14.7. The van der Waals surface area contributed by atoms with Crippen molar-refractivity contribution < 1.29 is 32.3 Å². The Morgan fingerprint density at radius 1 is 1.00 bits per heavy atom. The van der Waals surface area contributed by atoms with E-state index in [0.717, 1.165) is 54.8 Å². The molecule has 8 rings (SSSR count). The van der Waals surface area contributed by atoms with Gasteiger partial charge in [-0.1, -0.05) is 12.1 Å². The van der Waals surface area contributed by atoms with E-state index in [9.17, 15) is 37.1 Å². The molecular formula is C38H38F3N9O5. The standard InChI is InChI=1S/C38H38F3N9O5/c1-47-34-26(3-2-4-29(34)50(37(47)55)30-11-12-32(51)45-36(30)54)22-13-14-48(33(52)16-22)19-21-5-8-25(9-6-21)49-20-23-15-24(7-10-27(23)46-49)43-35(53)28-17-42-18-31(44-28)38(39,40)41/h2-4,7,10,15,17-18,20-22,25,30H,5-6,8-9,11-14,16,19H2,1H3,(H,43,53)(H,45,51,54). The number of para-hydroxylation sites is 1. The average molecular weight is 758 g/mol. The first kappa shape index (κ1) is 36.1. The highest BCUT2D eigenvalue weighted by molar-refractivity contribution is 6.03. The Morgan fingerprint density at radius 3 is 2.55 bits per heavy atom. The first-order valence-corrected chi connectivity index (χ1v) is 18.3. The predicted octanol–water partition coefficient (Wildman–Crippen LogP) is 4.87. The highest BCUT2D eigenvalue weighted by Crippen LogP contribution is 2.37. The summed E-state index contributed by atoms with van der Waals surface area (Å²) in [5, 5.41) is 10.5. The minimum atomic E-state index is -4.72. The van der Waals surface area contributed by atoms with Gasteiger partial charge in [0.1, 0.15) is 11.7 Å². The molecule has 286 valence electrons. The molecule has 17 heteroatoms. The van der Waals surface area contributed by atoms with Gasteiger partial charge in [-0.2, -0.15) is 18.3 Å². The van der Waals surface area contributed by atoms with Crippen LogP contribution in [0, 0.1) is 5.92 Å². The number of rotatable bonds is 7. The zero-order chi connectivity index (χ0) is 38.6. The number of imidazole rings is 1. The first-order valence-electron chi connectivity index (χ1n) is 18.3. The Bertz CT molecular complexity index is 2410. The molecule has 3 fully saturated rings. The molecule has 4 amide bonds. The van der Waals surface area contributed by atoms with Crippen LogP contribution >= 0.6 is 0 Å². The summed E-state index contributed by atoms with van der Waals surface area (Å²) in [6, 6.07) is 10.1. The van der Waals surface area contributed by atoms with Gasteiger partial charge in [0.15, 0.2) is 5.69 Å². The maximum Gasteiger partial charge on any atom is 0.434 e. The number of fused-ring (bicyclic) bond motifs is 2. The molecule has 14 nitrogen and oxygen atoms in total. The van der Waals surface area contributed by atoms with Crippen molar-refractivity contribution in [3.05, 3.63) is 82.4 Å². The molecule has 0 bridgehead atoms. The molecule has 5 heterocycles. The van der Waals surface area contributed by atoms with Crippen molar-refractivity contribution >= 4 is 51.3 Å². The largest absolute Gasteiger partial charge is 0.434 e. The van der Waals surface area contributed by atoms with Crippen molar-refractivity contribution in [1.82, 2.24) is 39.1 Å². The van der Waals surface area contributed by atoms with Crippen LogP contribution < -0.4 is 16.3 Å². The topological polar surface area (TPSA) is 166 Å². The molecule has 2 aromatic carbocycles. The van der Waals surface area contributed by atoms with Gasteiger partial charge in [-0.15, -0.1) is 0 Å². The van der Waals surface area contributed by atoms with Crippen molar-refractivity contribution in [3.8, 4) is 0 Å². The quantitative estimate of drug-likeness (QED) is 0.222. The molecule has 3 aromatic heterocycles. The minimum absolute atomic E-state index is 0.0753. The second kappa shape index (κ2) is 14.1. The van der Waals surface area contributed by atoms with Gasteiger partial charge in [0.2, 0.25) is 17.7 Å². The molecule has 0 spiro atoms. The number of likely N-dealkylation sites (tertiary alicyclic amines) is 1. The lowest BCUT2D eigenvalue weighted by Crippen LogP contribution is -2.44. The number of nitrogens with one attached hydrogen (secondary N) is 2. The van der Waals surface area contributed by atoms with E-state index in [2.05, 4.69) is 20.6 Å². The first-order chi connectivity index (χ1) is 26.3. The lowest BCUT2D eigenvalue weighted by molar-refractivity contribution is -0.141. The van der Waals surface area contributed by atoms with Gasteiger partial charge in [0, 0.05) is 50.2 Å². The number of hydrogen-bond donors (Lipinski definition) is 2. The number of nitrogens with zero attached hydrogens (tertiary/aromatic N) is 7. The Morgan fingerprint density at radius 2 is 1.80 bits per heavy atom. The van der Waals surface area contributed by atoms with Gasteiger partial charge >= 0.3 is 11.9 Å². The minimum Gasteiger partial charge on any atom is -0.342 e. The highest BCUT2D eigenvalue weighted by atomic mass is 19.4. The van der Waals surface area contributed by atoms with E-state index in [1.54, 1.807) is 29.8 Å². The van der Waals surface area contributed by atoms with E-state index in [-0.39, 0.29) is 42.3 Å². The molecule has 55 heavy (non-hydrogen) atoms. The second-order valence-electron chi connectivity index (χ2n) is 14.7. The third-order valence-corrected chi connectivity index (χ3v) is 11.2. The summed E-state index contributed by atoms with van der Waals surface area (Å²) >= 11 is 0. The smallest absolute Gasteiger partial charge is 0.342 e. The third-order valence-electron chi connectivity index (χ3n) is 11.2. The number of halogens is 3. The Hall–Kier alpha value is -5.87. The third kappa shape index (κ3) is 6.98. The SMILES string of the molecule is Cn1c(=O)n(C2CCC(=O)NC2=O)c2cccc(C3CCN(CC4CCC(n5cc6cc(NC(=O)c7cncc(C(F)(F)F)n7)ccc6n5)CC4)C(=O)C3)c21. The van der Waals surface area contributed by atoms with Crippen LogP contribution in [0.1, 0.15) is 91.1 Å². The molecule has 2 saturated heterocycles. The fourth-order valence-corrected chi connectivity index (χ4v) is 8.39. The normalized spacial score (nSPS) is 22.3. The molecule has 2 atom stereocenters. The molecule has 3 aliphatic rings. The number of imide groups is 1. The zero-order valence-corrected chi connectivity index (χ0v) is 29.9. The van der Waals surface area contributed by atoms with Crippen LogP contribution in [-0.2, 0) is 27.6 Å². The Balaban J connectivity index is 0.875. The van der Waals surface area contributed by atoms with Gasteiger partial charge < -0.3 is 10.2 Å². The van der Waals surface area contributed by atoms with E-state index in [1.165, 1.54) is 4.57 Å². The van der Waals surface area contributed by atoms with E-state index >= 15 is 0 Å². The summed E-state index contributed by atoms with van der Waals surface area (Å²) in [7, 11) is 1.68. The van der Waals surface area contributed by atoms with Gasteiger partial charge in [0.05, 0.1) is 35.0 Å². The predicted molar refractivity (Wildman–Crippen MR) is 193 cm³/mol. The van der Waals surface area contributed by atoms with Crippen LogP contribution in [0.25, 0.3) is 21.9 Å². The van der Waals surface area contributed by atoms with Crippen molar-refractivity contribution in [2.45, 2.75) is 75.5 Å². The zero-order valence-electron chi connectivity index (χ0n) is 29.9. The molecule has 5 aromatic rings. The molecular weight excluding hydrogens is 719 g/mol. The number of anilines is 1. The molecule has 0 radical (unpaired) electrons. The number of aryl methyl sites for hydroxylation is 1. The average Bonchev–Trinajstić information content (AvgIpc) is 3.70. The summed E-state index contributed by atoms with van der Waals surface area (Å²) in [4.78, 5) is 72.9. The van der Waals surface area contributed by atoms with Crippen molar-refractivity contribution in [3.63, 3.8) is 0 Å². The molecule has 2 N–H and O–H groups in total. The van der Waals surface area contributed by atoms with Crippen molar-refractivity contribution in [1.29, 1.82) is 0 Å². The van der Waals surface area contributed by atoms with Gasteiger partial charge in [-0.25, -0.2) is 9.78 Å². The summed E-state index contributed by atoms with van der Waals surface area (Å²) in [6.45, 7) is 1.28. The Kier molecular flexibility index (Phi) is 9.25. The van der Waals surface area contributed by atoms with Crippen LogP contribution in [0.5, 0.6) is 0 Å². The van der Waals surface area contributed by atoms with Crippen LogP contribution in [0.4, 0.5) is 18.9 Å². The number of carbonyl (C=O) groups excluding carboxylic acids is 4. The van der Waals surface area contributed by atoms with E-state index in [0.29, 0.717) is 48.3 Å². The number of hydrogen-bond acceptors (Lipinski definition) is 8. The van der Waals surface area contributed by atoms with Crippen LogP contribution in [0.2, 0.25) is 0 Å². The summed E-state index contributed by atoms with van der Waals surface area (Å²) in [5.74, 6) is -1.30. The molecule has 2 aliphatic heterocycles. The summed E-state index contributed by atoms with van der Waals surface area (Å²) < 4.78 is 44.1. The maximum absolute atomic E-state index is 13.6. The van der Waals surface area contributed by atoms with Gasteiger partial charge in [-0.05, 0) is 80.2 Å². The number of aromatic nitrogens is 6. The number of piperidine rings is 2. The molecule has 2 unspecified atom stereocenters. The summed E-state index contributed by atoms with van der Waals surface area (Å²) in [6.07, 6.45) is 3.80. The fourth-order valence-electron chi connectivity index (χ4n) is 8.39.